The lowest BCUT2D eigenvalue weighted by Gasteiger charge is -2.15. The molecular formula is C23H22O. The van der Waals surface area contributed by atoms with Gasteiger partial charge in [0.05, 0.1) is 6.61 Å². The van der Waals surface area contributed by atoms with Crippen LogP contribution in [0.2, 0.25) is 0 Å². The van der Waals surface area contributed by atoms with Gasteiger partial charge in [-0.3, -0.25) is 0 Å². The van der Waals surface area contributed by atoms with Crippen LogP contribution < -0.4 is 4.74 Å². The van der Waals surface area contributed by atoms with Crippen molar-refractivity contribution in [3.63, 3.8) is 0 Å². The first-order chi connectivity index (χ1) is 11.9. The number of hydrogen-bond donors (Lipinski definition) is 0. The fourth-order valence-electron chi connectivity index (χ4n) is 2.62. The van der Waals surface area contributed by atoms with Crippen LogP contribution in [0.1, 0.15) is 23.1 Å². The van der Waals surface area contributed by atoms with Crippen LogP contribution in [-0.2, 0) is 6.42 Å². The minimum Gasteiger partial charge on any atom is -0.493 e. The van der Waals surface area contributed by atoms with E-state index < -0.39 is 0 Å². The minimum atomic E-state index is 0.886. The molecule has 0 spiro atoms. The Bertz CT molecular complexity index is 694. The van der Waals surface area contributed by atoms with Crippen LogP contribution >= 0.6 is 0 Å². The van der Waals surface area contributed by atoms with E-state index in [-0.39, 0.29) is 0 Å². The highest BCUT2D eigenvalue weighted by Gasteiger charge is 2.06. The molecule has 1 aliphatic heterocycles. The molecule has 0 aliphatic carbocycles. The van der Waals surface area contributed by atoms with Crippen molar-refractivity contribution in [3.8, 4) is 5.75 Å². The molecule has 4 rings (SSSR count). The van der Waals surface area contributed by atoms with Crippen molar-refractivity contribution in [2.24, 2.45) is 0 Å². The van der Waals surface area contributed by atoms with Gasteiger partial charge >= 0.3 is 0 Å². The first kappa shape index (κ1) is 16.1. The van der Waals surface area contributed by atoms with Crippen molar-refractivity contribution in [2.75, 3.05) is 6.61 Å². The van der Waals surface area contributed by atoms with Gasteiger partial charge in [-0.15, -0.1) is 0 Å². The monoisotopic (exact) mass is 314 g/mol. The SMILES string of the molecule is C(=Cc1ccccc1)c1ccccc1.c1ccc2c(c1)CCCO2. The minimum absolute atomic E-state index is 0.886. The summed E-state index contributed by atoms with van der Waals surface area (Å²) in [6.07, 6.45) is 6.58. The number of para-hydroxylation sites is 1. The molecule has 0 N–H and O–H groups in total. The Kier molecular flexibility index (Phi) is 5.85. The summed E-state index contributed by atoms with van der Waals surface area (Å²) in [7, 11) is 0. The van der Waals surface area contributed by atoms with E-state index in [0.29, 0.717) is 0 Å². The van der Waals surface area contributed by atoms with E-state index in [0.717, 1.165) is 18.8 Å². The first-order valence-electron chi connectivity index (χ1n) is 8.41. The molecule has 0 saturated carbocycles. The molecule has 0 saturated heterocycles. The Balaban J connectivity index is 0.000000149. The van der Waals surface area contributed by atoms with E-state index >= 15 is 0 Å². The third kappa shape index (κ3) is 4.85. The van der Waals surface area contributed by atoms with Crippen LogP contribution in [0.3, 0.4) is 0 Å². The van der Waals surface area contributed by atoms with Gasteiger partial charge in [-0.1, -0.05) is 91.0 Å². The van der Waals surface area contributed by atoms with E-state index in [1.54, 1.807) is 0 Å². The highest BCUT2D eigenvalue weighted by molar-refractivity contribution is 5.69. The molecule has 120 valence electrons. The quantitative estimate of drug-likeness (QED) is 0.538. The van der Waals surface area contributed by atoms with Crippen molar-refractivity contribution in [1.29, 1.82) is 0 Å². The second-order valence-corrected chi connectivity index (χ2v) is 5.71. The van der Waals surface area contributed by atoms with Gasteiger partial charge in [0.25, 0.3) is 0 Å². The highest BCUT2D eigenvalue weighted by atomic mass is 16.5. The Morgan fingerprint density at radius 2 is 1.17 bits per heavy atom. The van der Waals surface area contributed by atoms with Gasteiger partial charge in [0.1, 0.15) is 5.75 Å². The molecule has 3 aromatic carbocycles. The molecule has 24 heavy (non-hydrogen) atoms. The predicted molar refractivity (Wildman–Crippen MR) is 102 cm³/mol. The zero-order valence-electron chi connectivity index (χ0n) is 13.8. The maximum Gasteiger partial charge on any atom is 0.122 e. The zero-order chi connectivity index (χ0) is 16.5. The van der Waals surface area contributed by atoms with E-state index in [2.05, 4.69) is 48.6 Å². The van der Waals surface area contributed by atoms with Crippen molar-refractivity contribution in [1.82, 2.24) is 0 Å². The number of rotatable bonds is 2. The summed E-state index contributed by atoms with van der Waals surface area (Å²) in [6, 6.07) is 28.9. The van der Waals surface area contributed by atoms with E-state index in [9.17, 15) is 0 Å². The van der Waals surface area contributed by atoms with Gasteiger partial charge in [-0.05, 0) is 35.6 Å². The second kappa shape index (κ2) is 8.73. The van der Waals surface area contributed by atoms with E-state index in [1.807, 2.05) is 48.5 Å². The van der Waals surface area contributed by atoms with E-state index in [1.165, 1.54) is 23.1 Å². The summed E-state index contributed by atoms with van der Waals surface area (Å²) >= 11 is 0. The lowest BCUT2D eigenvalue weighted by atomic mass is 10.1. The maximum absolute atomic E-state index is 5.42. The third-order valence-corrected chi connectivity index (χ3v) is 3.89. The van der Waals surface area contributed by atoms with Gasteiger partial charge in [-0.2, -0.15) is 0 Å². The fourth-order valence-corrected chi connectivity index (χ4v) is 2.62. The molecule has 1 heterocycles. The first-order valence-corrected chi connectivity index (χ1v) is 8.41. The summed E-state index contributed by atoms with van der Waals surface area (Å²) in [4.78, 5) is 0. The molecule has 1 heteroatoms. The van der Waals surface area contributed by atoms with E-state index in [4.69, 9.17) is 4.74 Å². The van der Waals surface area contributed by atoms with Gasteiger partial charge in [0.15, 0.2) is 0 Å². The van der Waals surface area contributed by atoms with Gasteiger partial charge in [0, 0.05) is 0 Å². The lowest BCUT2D eigenvalue weighted by molar-refractivity contribution is 0.288. The molecule has 0 atom stereocenters. The number of fused-ring (bicyclic) bond motifs is 1. The average molecular weight is 314 g/mol. The summed E-state index contributed by atoms with van der Waals surface area (Å²) in [5.41, 5.74) is 3.82. The molecule has 0 aromatic heterocycles. The molecule has 0 amide bonds. The molecule has 0 unspecified atom stereocenters. The molecule has 1 nitrogen and oxygen atoms in total. The van der Waals surface area contributed by atoms with Crippen LogP contribution in [0.4, 0.5) is 0 Å². The van der Waals surface area contributed by atoms with Gasteiger partial charge in [0.2, 0.25) is 0 Å². The van der Waals surface area contributed by atoms with Crippen molar-refractivity contribution < 1.29 is 4.74 Å². The van der Waals surface area contributed by atoms with Crippen LogP contribution in [0.25, 0.3) is 12.2 Å². The Morgan fingerprint density at radius 1 is 0.625 bits per heavy atom. The van der Waals surface area contributed by atoms with Crippen molar-refractivity contribution >= 4 is 12.2 Å². The van der Waals surface area contributed by atoms with Crippen LogP contribution in [0.5, 0.6) is 5.75 Å². The van der Waals surface area contributed by atoms with Gasteiger partial charge in [-0.25, -0.2) is 0 Å². The van der Waals surface area contributed by atoms with Crippen LogP contribution in [-0.4, -0.2) is 6.61 Å². The highest BCUT2D eigenvalue weighted by Crippen LogP contribution is 2.23. The lowest BCUT2D eigenvalue weighted by Crippen LogP contribution is -2.07. The normalized spacial score (nSPS) is 12.7. The summed E-state index contributed by atoms with van der Waals surface area (Å²) in [5.74, 6) is 1.08. The number of ether oxygens (including phenoxy) is 1. The Morgan fingerprint density at radius 3 is 1.75 bits per heavy atom. The molecule has 3 aromatic rings. The molecular weight excluding hydrogens is 292 g/mol. The van der Waals surface area contributed by atoms with Crippen LogP contribution in [0.15, 0.2) is 84.9 Å². The van der Waals surface area contributed by atoms with Crippen molar-refractivity contribution in [2.45, 2.75) is 12.8 Å². The number of hydrogen-bond acceptors (Lipinski definition) is 1. The molecule has 0 fully saturated rings. The Labute approximate surface area is 144 Å². The smallest absolute Gasteiger partial charge is 0.122 e. The number of aryl methyl sites for hydroxylation is 1. The molecule has 0 bridgehead atoms. The fraction of sp³-hybridized carbons (Fsp3) is 0.130. The standard InChI is InChI=1S/C14H12.C9H10O/c1-3-7-13(8-4-1)11-12-14-9-5-2-6-10-14;1-2-6-9-8(4-1)5-3-7-10-9/h1-12H;1-2,4,6H,3,5,7H2. The van der Waals surface area contributed by atoms with Crippen molar-refractivity contribution in [3.05, 3.63) is 102 Å². The third-order valence-electron chi connectivity index (χ3n) is 3.89. The van der Waals surface area contributed by atoms with Crippen LogP contribution in [0, 0.1) is 0 Å². The largest absolute Gasteiger partial charge is 0.493 e. The summed E-state index contributed by atoms with van der Waals surface area (Å²) in [6.45, 7) is 0.886. The Hall–Kier alpha value is -2.80. The average Bonchev–Trinajstić information content (AvgIpc) is 2.69. The maximum atomic E-state index is 5.42. The molecule has 1 aliphatic rings. The predicted octanol–water partition coefficient (Wildman–Crippen LogP) is 5.87. The topological polar surface area (TPSA) is 9.23 Å². The molecule has 0 radical (unpaired) electrons. The second-order valence-electron chi connectivity index (χ2n) is 5.71. The van der Waals surface area contributed by atoms with Gasteiger partial charge < -0.3 is 4.74 Å². The zero-order valence-corrected chi connectivity index (χ0v) is 13.8. The number of benzene rings is 3. The summed E-state index contributed by atoms with van der Waals surface area (Å²) < 4.78 is 5.42. The summed E-state index contributed by atoms with van der Waals surface area (Å²) in [5, 5.41) is 0.